The van der Waals surface area contributed by atoms with Crippen molar-refractivity contribution in [3.63, 3.8) is 0 Å². The fourth-order valence-electron chi connectivity index (χ4n) is 1.42. The molecule has 0 aromatic heterocycles. The predicted molar refractivity (Wildman–Crippen MR) is 56.0 cm³/mol. The topological polar surface area (TPSA) is 55.5 Å². The van der Waals surface area contributed by atoms with Crippen molar-refractivity contribution in [1.29, 1.82) is 0 Å². The van der Waals surface area contributed by atoms with Gasteiger partial charge in [0, 0.05) is 19.6 Å². The van der Waals surface area contributed by atoms with E-state index in [2.05, 4.69) is 0 Å². The summed E-state index contributed by atoms with van der Waals surface area (Å²) >= 11 is 0. The van der Waals surface area contributed by atoms with Gasteiger partial charge in [-0.1, -0.05) is 24.3 Å². The highest BCUT2D eigenvalue weighted by Crippen LogP contribution is 2.15. The summed E-state index contributed by atoms with van der Waals surface area (Å²) in [5.74, 6) is 0.0341. The first kappa shape index (κ1) is 11.2. The zero-order valence-electron chi connectivity index (χ0n) is 8.44. The Balaban J connectivity index is 2.81. The Labute approximate surface area is 84.5 Å². The predicted octanol–water partition coefficient (Wildman–Crippen LogP) is 0.868. The van der Waals surface area contributed by atoms with Crippen LogP contribution in [0.15, 0.2) is 24.3 Å². The second-order valence-electron chi connectivity index (χ2n) is 3.29. The zero-order chi connectivity index (χ0) is 10.4. The van der Waals surface area contributed by atoms with Gasteiger partial charge in [0.05, 0.1) is 13.2 Å². The number of nitrogens with two attached hydrogens (primary N) is 1. The summed E-state index contributed by atoms with van der Waals surface area (Å²) in [4.78, 5) is 0. The highest BCUT2D eigenvalue weighted by molar-refractivity contribution is 5.26. The van der Waals surface area contributed by atoms with Gasteiger partial charge in [-0.25, -0.2) is 0 Å². The van der Waals surface area contributed by atoms with Gasteiger partial charge >= 0.3 is 0 Å². The molecule has 1 atom stereocenters. The maximum atomic E-state index is 9.09. The fourth-order valence-corrected chi connectivity index (χ4v) is 1.42. The van der Waals surface area contributed by atoms with Gasteiger partial charge in [0.1, 0.15) is 0 Å². The molecule has 3 N–H and O–H groups in total. The lowest BCUT2D eigenvalue weighted by Gasteiger charge is -2.12. The van der Waals surface area contributed by atoms with Crippen LogP contribution in [0, 0.1) is 0 Å². The lowest BCUT2D eigenvalue weighted by molar-refractivity contribution is 0.184. The second kappa shape index (κ2) is 5.75. The van der Waals surface area contributed by atoms with Crippen molar-refractivity contribution in [2.24, 2.45) is 5.73 Å². The van der Waals surface area contributed by atoms with Gasteiger partial charge in [-0.05, 0) is 11.1 Å². The summed E-state index contributed by atoms with van der Waals surface area (Å²) in [5, 5.41) is 9.09. The van der Waals surface area contributed by atoms with E-state index in [1.807, 2.05) is 24.3 Å². The van der Waals surface area contributed by atoms with E-state index in [1.54, 1.807) is 7.11 Å². The first-order valence-electron chi connectivity index (χ1n) is 4.70. The first-order valence-corrected chi connectivity index (χ1v) is 4.70. The molecule has 3 heteroatoms. The Hall–Kier alpha value is -0.900. The summed E-state index contributed by atoms with van der Waals surface area (Å²) in [6, 6.07) is 7.96. The van der Waals surface area contributed by atoms with Crippen LogP contribution < -0.4 is 5.73 Å². The highest BCUT2D eigenvalue weighted by atomic mass is 16.5. The molecule has 1 aromatic rings. The number of hydrogen-bond acceptors (Lipinski definition) is 3. The molecule has 0 radical (unpaired) electrons. The molecule has 0 bridgehead atoms. The summed E-state index contributed by atoms with van der Waals surface area (Å²) in [6.45, 7) is 1.15. The second-order valence-corrected chi connectivity index (χ2v) is 3.29. The fraction of sp³-hybridized carbons (Fsp3) is 0.455. The maximum absolute atomic E-state index is 9.09. The number of rotatable bonds is 5. The van der Waals surface area contributed by atoms with E-state index in [0.29, 0.717) is 13.2 Å². The summed E-state index contributed by atoms with van der Waals surface area (Å²) in [7, 11) is 1.67. The Morgan fingerprint density at radius 1 is 1.50 bits per heavy atom. The molecule has 0 aliphatic rings. The number of benzene rings is 1. The van der Waals surface area contributed by atoms with Gasteiger partial charge in [-0.15, -0.1) is 0 Å². The van der Waals surface area contributed by atoms with Crippen LogP contribution in [0.25, 0.3) is 0 Å². The molecule has 0 spiro atoms. The Kier molecular flexibility index (Phi) is 4.59. The van der Waals surface area contributed by atoms with Crippen molar-refractivity contribution in [3.05, 3.63) is 35.4 Å². The third-order valence-electron chi connectivity index (χ3n) is 2.24. The van der Waals surface area contributed by atoms with E-state index in [4.69, 9.17) is 15.6 Å². The minimum Gasteiger partial charge on any atom is -0.396 e. The molecular formula is C11H17NO2. The van der Waals surface area contributed by atoms with Crippen LogP contribution in [0.3, 0.4) is 0 Å². The third-order valence-corrected chi connectivity index (χ3v) is 2.24. The van der Waals surface area contributed by atoms with Gasteiger partial charge in [0.25, 0.3) is 0 Å². The van der Waals surface area contributed by atoms with Gasteiger partial charge in [0.2, 0.25) is 0 Å². The van der Waals surface area contributed by atoms with Crippen LogP contribution in [0.1, 0.15) is 17.0 Å². The van der Waals surface area contributed by atoms with Crippen molar-refractivity contribution in [2.45, 2.75) is 12.5 Å². The molecule has 1 aromatic carbocycles. The van der Waals surface area contributed by atoms with Crippen LogP contribution in [-0.4, -0.2) is 25.4 Å². The average molecular weight is 195 g/mol. The summed E-state index contributed by atoms with van der Waals surface area (Å²) < 4.78 is 5.04. The Morgan fingerprint density at radius 2 is 2.29 bits per heavy atom. The van der Waals surface area contributed by atoms with E-state index in [0.717, 1.165) is 11.1 Å². The maximum Gasteiger partial charge on any atom is 0.0713 e. The zero-order valence-corrected chi connectivity index (χ0v) is 8.44. The van der Waals surface area contributed by atoms with Crippen molar-refractivity contribution in [3.8, 4) is 0 Å². The van der Waals surface area contributed by atoms with Crippen molar-refractivity contribution < 1.29 is 9.84 Å². The molecule has 0 saturated carbocycles. The number of hydrogen-bond donors (Lipinski definition) is 2. The standard InChI is InChI=1S/C11H17NO2/c1-14-8-9-3-2-4-10(5-9)11(6-12)7-13/h2-5,11,13H,6-8,12H2,1H3. The van der Waals surface area contributed by atoms with E-state index < -0.39 is 0 Å². The Morgan fingerprint density at radius 3 is 2.86 bits per heavy atom. The number of aliphatic hydroxyl groups is 1. The number of aliphatic hydroxyl groups excluding tert-OH is 1. The van der Waals surface area contributed by atoms with Crippen molar-refractivity contribution >= 4 is 0 Å². The molecule has 0 aliphatic heterocycles. The van der Waals surface area contributed by atoms with E-state index in [1.165, 1.54) is 0 Å². The average Bonchev–Trinajstić information content (AvgIpc) is 2.21. The van der Waals surface area contributed by atoms with Gasteiger partial charge < -0.3 is 15.6 Å². The number of methoxy groups -OCH3 is 1. The molecule has 0 saturated heterocycles. The lowest BCUT2D eigenvalue weighted by Crippen LogP contribution is -2.16. The Bertz CT molecular complexity index is 272. The van der Waals surface area contributed by atoms with Crippen LogP contribution >= 0.6 is 0 Å². The van der Waals surface area contributed by atoms with Crippen molar-refractivity contribution in [1.82, 2.24) is 0 Å². The van der Waals surface area contributed by atoms with Gasteiger partial charge in [0.15, 0.2) is 0 Å². The number of ether oxygens (including phenoxy) is 1. The van der Waals surface area contributed by atoms with E-state index >= 15 is 0 Å². The largest absolute Gasteiger partial charge is 0.396 e. The molecule has 3 nitrogen and oxygen atoms in total. The monoisotopic (exact) mass is 195 g/mol. The van der Waals surface area contributed by atoms with E-state index in [9.17, 15) is 0 Å². The van der Waals surface area contributed by atoms with Crippen molar-refractivity contribution in [2.75, 3.05) is 20.3 Å². The molecular weight excluding hydrogens is 178 g/mol. The molecule has 0 fully saturated rings. The molecule has 0 aliphatic carbocycles. The molecule has 14 heavy (non-hydrogen) atoms. The minimum absolute atomic E-state index is 0.0341. The summed E-state index contributed by atoms with van der Waals surface area (Å²) in [6.07, 6.45) is 0. The van der Waals surface area contributed by atoms with Crippen LogP contribution in [0.4, 0.5) is 0 Å². The highest BCUT2D eigenvalue weighted by Gasteiger charge is 2.08. The van der Waals surface area contributed by atoms with E-state index in [-0.39, 0.29) is 12.5 Å². The van der Waals surface area contributed by atoms with Gasteiger partial charge in [-0.3, -0.25) is 0 Å². The molecule has 78 valence electrons. The molecule has 0 heterocycles. The third kappa shape index (κ3) is 2.80. The van der Waals surface area contributed by atoms with Gasteiger partial charge in [-0.2, -0.15) is 0 Å². The van der Waals surface area contributed by atoms with Crippen LogP contribution in [0.5, 0.6) is 0 Å². The molecule has 1 unspecified atom stereocenters. The molecule has 0 amide bonds. The van der Waals surface area contributed by atoms with Crippen LogP contribution in [-0.2, 0) is 11.3 Å². The summed E-state index contributed by atoms with van der Waals surface area (Å²) in [5.41, 5.74) is 7.73. The first-order chi connectivity index (χ1) is 6.81. The molecule has 1 rings (SSSR count). The quantitative estimate of drug-likeness (QED) is 0.733. The minimum atomic E-state index is 0.0341. The lowest BCUT2D eigenvalue weighted by atomic mass is 9.98. The van der Waals surface area contributed by atoms with Crippen LogP contribution in [0.2, 0.25) is 0 Å². The smallest absolute Gasteiger partial charge is 0.0713 e. The SMILES string of the molecule is COCc1cccc(C(CN)CO)c1. The normalized spacial score (nSPS) is 12.8.